The summed E-state index contributed by atoms with van der Waals surface area (Å²) in [5.41, 5.74) is 2.83. The topological polar surface area (TPSA) is 50.4 Å². The lowest BCUT2D eigenvalue weighted by molar-refractivity contribution is -0.118. The Morgan fingerprint density at radius 3 is 2.65 bits per heavy atom. The normalized spacial score (nSPS) is 16.7. The molecular weight excluding hydrogens is 331 g/mol. The van der Waals surface area contributed by atoms with Gasteiger partial charge in [0.05, 0.1) is 7.11 Å². The predicted molar refractivity (Wildman–Crippen MR) is 101 cm³/mol. The van der Waals surface area contributed by atoms with E-state index in [1.807, 2.05) is 39.0 Å². The zero-order valence-corrected chi connectivity index (χ0v) is 15.7. The zero-order valence-electron chi connectivity index (χ0n) is 15.7. The van der Waals surface area contributed by atoms with Gasteiger partial charge in [-0.25, -0.2) is 4.39 Å². The van der Waals surface area contributed by atoms with Crippen LogP contribution in [0.5, 0.6) is 5.75 Å². The molecule has 3 rings (SSSR count). The molecule has 1 amide bonds. The van der Waals surface area contributed by atoms with Gasteiger partial charge in [-0.05, 0) is 52.8 Å². The first-order chi connectivity index (χ1) is 12.3. The Bertz CT molecular complexity index is 827. The largest absolute Gasteiger partial charge is 0.497 e. The number of methoxy groups -OCH3 is 1. The van der Waals surface area contributed by atoms with E-state index < -0.39 is 6.04 Å². The summed E-state index contributed by atoms with van der Waals surface area (Å²) in [7, 11) is 1.63. The number of ether oxygens (including phenoxy) is 1. The van der Waals surface area contributed by atoms with Gasteiger partial charge < -0.3 is 15.4 Å². The number of carbonyl (C=O) groups excluding carboxylic acids is 1. The Morgan fingerprint density at radius 2 is 2.00 bits per heavy atom. The summed E-state index contributed by atoms with van der Waals surface area (Å²) >= 11 is 0. The first-order valence-corrected chi connectivity index (χ1v) is 8.80. The van der Waals surface area contributed by atoms with Crippen LogP contribution in [0.3, 0.4) is 0 Å². The van der Waals surface area contributed by atoms with E-state index in [9.17, 15) is 9.18 Å². The predicted octanol–water partition coefficient (Wildman–Crippen LogP) is 3.96. The lowest BCUT2D eigenvalue weighted by Gasteiger charge is -2.26. The minimum atomic E-state index is -0.463. The van der Waals surface area contributed by atoms with Crippen LogP contribution in [-0.4, -0.2) is 19.6 Å². The quantitative estimate of drug-likeness (QED) is 0.875. The molecule has 0 aliphatic carbocycles. The Labute approximate surface area is 153 Å². The molecule has 0 fully saturated rings. The fourth-order valence-electron chi connectivity index (χ4n) is 3.32. The molecule has 0 saturated heterocycles. The van der Waals surface area contributed by atoms with Crippen LogP contribution in [0.4, 0.5) is 10.1 Å². The maximum absolute atomic E-state index is 14.4. The second-order valence-electron chi connectivity index (χ2n) is 7.64. The second-order valence-corrected chi connectivity index (χ2v) is 7.64. The average Bonchev–Trinajstić information content (AvgIpc) is 2.59. The lowest BCUT2D eigenvalue weighted by atomic mass is 9.86. The van der Waals surface area contributed by atoms with Crippen molar-refractivity contribution in [1.29, 1.82) is 0 Å². The molecule has 0 spiro atoms. The van der Waals surface area contributed by atoms with Crippen LogP contribution in [0.15, 0.2) is 36.4 Å². The van der Waals surface area contributed by atoms with Crippen molar-refractivity contribution in [2.75, 3.05) is 19.0 Å². The molecule has 0 radical (unpaired) electrons. The average molecular weight is 356 g/mol. The summed E-state index contributed by atoms with van der Waals surface area (Å²) in [6, 6.07) is 10.1. The molecule has 2 aromatic rings. The van der Waals surface area contributed by atoms with Crippen LogP contribution >= 0.6 is 0 Å². The van der Waals surface area contributed by atoms with Gasteiger partial charge in [-0.15, -0.1) is 0 Å². The highest BCUT2D eigenvalue weighted by atomic mass is 19.1. The molecule has 138 valence electrons. The van der Waals surface area contributed by atoms with Crippen LogP contribution < -0.4 is 15.4 Å². The van der Waals surface area contributed by atoms with Crippen LogP contribution in [-0.2, 0) is 16.6 Å². The van der Waals surface area contributed by atoms with Crippen LogP contribution in [0.1, 0.15) is 43.5 Å². The van der Waals surface area contributed by atoms with Crippen molar-refractivity contribution in [1.82, 2.24) is 5.32 Å². The molecular formula is C21H25FN2O2. The Balaban J connectivity index is 1.81. The number of hydrogen-bond donors (Lipinski definition) is 2. The minimum absolute atomic E-state index is 0.195. The van der Waals surface area contributed by atoms with Crippen LogP contribution in [0, 0.1) is 5.82 Å². The third kappa shape index (κ3) is 3.73. The fourth-order valence-corrected chi connectivity index (χ4v) is 3.32. The molecule has 0 bridgehead atoms. The van der Waals surface area contributed by atoms with Gasteiger partial charge in [0.1, 0.15) is 17.6 Å². The summed E-state index contributed by atoms with van der Waals surface area (Å²) in [5, 5.41) is 6.06. The van der Waals surface area contributed by atoms with Crippen molar-refractivity contribution in [2.45, 2.75) is 38.6 Å². The van der Waals surface area contributed by atoms with Gasteiger partial charge in [0.2, 0.25) is 5.91 Å². The highest BCUT2D eigenvalue weighted by molar-refractivity contribution is 5.96. The van der Waals surface area contributed by atoms with Crippen molar-refractivity contribution >= 4 is 11.6 Å². The van der Waals surface area contributed by atoms with E-state index >= 15 is 0 Å². The third-order valence-corrected chi connectivity index (χ3v) is 4.71. The molecule has 2 aromatic carbocycles. The molecule has 26 heavy (non-hydrogen) atoms. The maximum Gasteiger partial charge on any atom is 0.246 e. The van der Waals surface area contributed by atoms with Crippen molar-refractivity contribution < 1.29 is 13.9 Å². The summed E-state index contributed by atoms with van der Waals surface area (Å²) in [4.78, 5) is 12.8. The molecule has 1 atom stereocenters. The Kier molecular flexibility index (Phi) is 5.01. The SMILES string of the molecule is COc1ccc2c(c1)CCN[C@H]2C(=O)Nc1ccc(C(C)(C)C)c(F)c1. The Hall–Kier alpha value is -2.40. The van der Waals surface area contributed by atoms with Gasteiger partial charge in [-0.1, -0.05) is 32.9 Å². The number of halogens is 1. The van der Waals surface area contributed by atoms with Gasteiger partial charge >= 0.3 is 0 Å². The van der Waals surface area contributed by atoms with Gasteiger partial charge in [-0.3, -0.25) is 4.79 Å². The van der Waals surface area contributed by atoms with E-state index in [2.05, 4.69) is 10.6 Å². The number of carbonyl (C=O) groups is 1. The number of fused-ring (bicyclic) bond motifs is 1. The van der Waals surface area contributed by atoms with Crippen molar-refractivity contribution in [3.8, 4) is 5.75 Å². The summed E-state index contributed by atoms with van der Waals surface area (Å²) < 4.78 is 19.6. The van der Waals surface area contributed by atoms with Crippen molar-refractivity contribution in [3.63, 3.8) is 0 Å². The van der Waals surface area contributed by atoms with E-state index in [1.54, 1.807) is 19.2 Å². The second kappa shape index (κ2) is 7.08. The number of hydrogen-bond acceptors (Lipinski definition) is 3. The van der Waals surface area contributed by atoms with Gasteiger partial charge in [0.25, 0.3) is 0 Å². The molecule has 0 aromatic heterocycles. The fraction of sp³-hybridized carbons (Fsp3) is 0.381. The minimum Gasteiger partial charge on any atom is -0.497 e. The molecule has 1 aliphatic heterocycles. The van der Waals surface area contributed by atoms with Gasteiger partial charge in [0.15, 0.2) is 0 Å². The smallest absolute Gasteiger partial charge is 0.246 e. The summed E-state index contributed by atoms with van der Waals surface area (Å²) in [6.45, 7) is 6.58. The van der Waals surface area contributed by atoms with E-state index in [4.69, 9.17) is 4.74 Å². The van der Waals surface area contributed by atoms with Crippen LogP contribution in [0.25, 0.3) is 0 Å². The number of amides is 1. The van der Waals surface area contributed by atoms with E-state index in [0.29, 0.717) is 17.8 Å². The number of anilines is 1. The highest BCUT2D eigenvalue weighted by Crippen LogP contribution is 2.29. The molecule has 1 aliphatic rings. The first-order valence-electron chi connectivity index (χ1n) is 8.80. The van der Waals surface area contributed by atoms with Crippen molar-refractivity contribution in [2.24, 2.45) is 0 Å². The molecule has 4 nitrogen and oxygen atoms in total. The number of benzene rings is 2. The molecule has 0 saturated carbocycles. The number of nitrogens with one attached hydrogen (secondary N) is 2. The highest BCUT2D eigenvalue weighted by Gasteiger charge is 2.27. The first kappa shape index (κ1) is 18.4. The lowest BCUT2D eigenvalue weighted by Crippen LogP contribution is -2.38. The molecule has 2 N–H and O–H groups in total. The van der Waals surface area contributed by atoms with E-state index in [-0.39, 0.29) is 17.1 Å². The third-order valence-electron chi connectivity index (χ3n) is 4.71. The van der Waals surface area contributed by atoms with E-state index in [0.717, 1.165) is 23.3 Å². The van der Waals surface area contributed by atoms with Crippen LogP contribution in [0.2, 0.25) is 0 Å². The molecule has 5 heteroatoms. The molecule has 0 unspecified atom stereocenters. The van der Waals surface area contributed by atoms with E-state index in [1.165, 1.54) is 6.07 Å². The standard InChI is InChI=1S/C21H25FN2O2/c1-21(2,3)17-8-5-14(12-18(17)22)24-20(25)19-16-7-6-15(26-4)11-13(16)9-10-23-19/h5-8,11-12,19,23H,9-10H2,1-4H3,(H,24,25)/t19-/m1/s1. The van der Waals surface area contributed by atoms with Gasteiger partial charge in [-0.2, -0.15) is 0 Å². The summed E-state index contributed by atoms with van der Waals surface area (Å²) in [6.07, 6.45) is 0.839. The summed E-state index contributed by atoms with van der Waals surface area (Å²) in [5.74, 6) is 0.278. The Morgan fingerprint density at radius 1 is 1.23 bits per heavy atom. The van der Waals surface area contributed by atoms with Crippen molar-refractivity contribution in [3.05, 3.63) is 58.9 Å². The molecule has 1 heterocycles. The zero-order chi connectivity index (χ0) is 18.9. The van der Waals surface area contributed by atoms with Gasteiger partial charge in [0, 0.05) is 12.2 Å². The number of rotatable bonds is 3. The maximum atomic E-state index is 14.4. The monoisotopic (exact) mass is 356 g/mol.